The number of hydrogen-bond acceptors (Lipinski definition) is 4. The summed E-state index contributed by atoms with van der Waals surface area (Å²) in [6.45, 7) is 9.09. The van der Waals surface area contributed by atoms with Gasteiger partial charge in [0.25, 0.3) is 5.91 Å². The Balaban J connectivity index is 2.40. The molecule has 0 heterocycles. The summed E-state index contributed by atoms with van der Waals surface area (Å²) in [5, 5.41) is 18.9. The first-order chi connectivity index (χ1) is 11.8. The Hall–Kier alpha value is -0.980. The van der Waals surface area contributed by atoms with Crippen molar-refractivity contribution in [3.63, 3.8) is 0 Å². The molecule has 1 aliphatic carbocycles. The van der Waals surface area contributed by atoms with Gasteiger partial charge in [0, 0.05) is 11.5 Å². The molecule has 0 aromatic heterocycles. The molecule has 4 atom stereocenters. The van der Waals surface area contributed by atoms with E-state index in [4.69, 9.17) is 0 Å². The highest BCUT2D eigenvalue weighted by atomic mass is 32.2. The van der Waals surface area contributed by atoms with Crippen molar-refractivity contribution in [1.82, 2.24) is 4.72 Å². The third-order valence-electron chi connectivity index (χ3n) is 5.39. The molecule has 0 aliphatic heterocycles. The molecular weight excluding hydrogens is 338 g/mol. The summed E-state index contributed by atoms with van der Waals surface area (Å²) >= 11 is 0. The maximum absolute atomic E-state index is 12.3. The monoisotopic (exact) mass is 371 g/mol. The van der Waals surface area contributed by atoms with Crippen LogP contribution in [0.5, 0.6) is 0 Å². The van der Waals surface area contributed by atoms with Crippen LogP contribution in [-0.2, 0) is 15.8 Å². The Morgan fingerprint density at radius 1 is 1.32 bits per heavy atom. The molecule has 5 nitrogen and oxygen atoms in total. The van der Waals surface area contributed by atoms with Crippen LogP contribution in [0.15, 0.2) is 24.3 Å². The van der Waals surface area contributed by atoms with Gasteiger partial charge in [-0.3, -0.25) is 9.52 Å². The molecule has 0 saturated heterocycles. The van der Waals surface area contributed by atoms with E-state index in [9.17, 15) is 19.2 Å². The Morgan fingerprint density at radius 3 is 2.44 bits per heavy atom. The SMILES string of the molecule is C=C/C=C(\C)C(=O)NS(=O)[C@H](C)[C@@H](C)CCC[C@H](C(O)O)C1CCC1. The molecule has 0 radical (unpaired) electrons. The zero-order chi connectivity index (χ0) is 19.0. The molecule has 0 bridgehead atoms. The maximum atomic E-state index is 12.3. The molecule has 1 amide bonds. The van der Waals surface area contributed by atoms with E-state index in [1.54, 1.807) is 13.0 Å². The van der Waals surface area contributed by atoms with Gasteiger partial charge in [0.1, 0.15) is 11.0 Å². The average molecular weight is 372 g/mol. The molecule has 6 heteroatoms. The van der Waals surface area contributed by atoms with Gasteiger partial charge in [-0.25, -0.2) is 4.21 Å². The van der Waals surface area contributed by atoms with Crippen molar-refractivity contribution in [3.8, 4) is 0 Å². The number of amides is 1. The molecule has 1 aliphatic rings. The number of allylic oxidation sites excluding steroid dienone is 2. The quantitative estimate of drug-likeness (QED) is 0.296. The molecule has 1 rings (SSSR count). The summed E-state index contributed by atoms with van der Waals surface area (Å²) in [5.74, 6) is 0.211. The summed E-state index contributed by atoms with van der Waals surface area (Å²) in [4.78, 5) is 11.9. The maximum Gasteiger partial charge on any atom is 0.258 e. The third-order valence-corrected chi connectivity index (χ3v) is 6.92. The van der Waals surface area contributed by atoms with Crippen LogP contribution in [0.1, 0.15) is 59.3 Å². The van der Waals surface area contributed by atoms with Gasteiger partial charge in [0.05, 0.1) is 5.25 Å². The van der Waals surface area contributed by atoms with E-state index in [0.717, 1.165) is 32.1 Å². The van der Waals surface area contributed by atoms with Crippen molar-refractivity contribution in [3.05, 3.63) is 24.3 Å². The third kappa shape index (κ3) is 7.04. The topological polar surface area (TPSA) is 86.6 Å². The van der Waals surface area contributed by atoms with Crippen LogP contribution in [0.3, 0.4) is 0 Å². The number of nitrogens with one attached hydrogen (secondary N) is 1. The van der Waals surface area contributed by atoms with E-state index in [-0.39, 0.29) is 23.0 Å². The van der Waals surface area contributed by atoms with Crippen LogP contribution in [0.4, 0.5) is 0 Å². The minimum atomic E-state index is -1.44. The summed E-state index contributed by atoms with van der Waals surface area (Å²) in [6, 6.07) is 0. The molecule has 1 saturated carbocycles. The lowest BCUT2D eigenvalue weighted by Crippen LogP contribution is -2.35. The van der Waals surface area contributed by atoms with Crippen LogP contribution in [0, 0.1) is 17.8 Å². The fourth-order valence-electron chi connectivity index (χ4n) is 3.13. The Kier molecular flexibility index (Phi) is 9.61. The second kappa shape index (κ2) is 10.9. The van der Waals surface area contributed by atoms with E-state index in [2.05, 4.69) is 11.3 Å². The molecule has 3 N–H and O–H groups in total. The highest BCUT2D eigenvalue weighted by Crippen LogP contribution is 2.37. The van der Waals surface area contributed by atoms with Crippen LogP contribution in [0.2, 0.25) is 0 Å². The van der Waals surface area contributed by atoms with Crippen molar-refractivity contribution in [2.75, 3.05) is 0 Å². The molecule has 1 unspecified atom stereocenters. The van der Waals surface area contributed by atoms with Gasteiger partial charge in [-0.05, 0) is 51.4 Å². The number of aliphatic hydroxyl groups excluding tert-OH is 1. The molecule has 0 aromatic carbocycles. The number of carbonyl (C=O) groups is 1. The standard InChI is InChI=1S/C19H33NO4S/c1-5-8-14(3)18(21)20-25(24)15(4)13(2)9-6-12-17(19(22)23)16-10-7-11-16/h5,8,13,15-17,19,22-23H,1,6-7,9-12H2,2-4H3,(H,20,21)/b14-8+/t13-,15+,17-,25?/m0/s1. The predicted octanol–water partition coefficient (Wildman–Crippen LogP) is 2.82. The zero-order valence-electron chi connectivity index (χ0n) is 15.6. The fourth-order valence-corrected chi connectivity index (χ4v) is 4.22. The number of carbonyl (C=O) groups excluding carboxylic acids is 1. The molecule has 25 heavy (non-hydrogen) atoms. The van der Waals surface area contributed by atoms with Crippen molar-refractivity contribution in [1.29, 1.82) is 0 Å². The number of rotatable bonds is 11. The molecule has 0 spiro atoms. The normalized spacial score (nSPS) is 20.5. The van der Waals surface area contributed by atoms with E-state index in [0.29, 0.717) is 11.5 Å². The first-order valence-electron chi connectivity index (χ1n) is 9.14. The zero-order valence-corrected chi connectivity index (χ0v) is 16.4. The van der Waals surface area contributed by atoms with Gasteiger partial charge in [-0.15, -0.1) is 0 Å². The second-order valence-corrected chi connectivity index (χ2v) is 8.74. The summed E-state index contributed by atoms with van der Waals surface area (Å²) < 4.78 is 14.9. The molecule has 0 aromatic rings. The summed E-state index contributed by atoms with van der Waals surface area (Å²) in [7, 11) is -1.44. The van der Waals surface area contributed by atoms with E-state index in [1.165, 1.54) is 12.5 Å². The lowest BCUT2D eigenvalue weighted by molar-refractivity contribution is -0.115. The lowest BCUT2D eigenvalue weighted by Gasteiger charge is -2.35. The van der Waals surface area contributed by atoms with Gasteiger partial charge >= 0.3 is 0 Å². The second-order valence-electron chi connectivity index (χ2n) is 7.20. The summed E-state index contributed by atoms with van der Waals surface area (Å²) in [5.41, 5.74) is 0.475. The minimum absolute atomic E-state index is 0.0480. The van der Waals surface area contributed by atoms with Gasteiger partial charge in [-0.2, -0.15) is 0 Å². The molecule has 144 valence electrons. The Morgan fingerprint density at radius 2 is 1.96 bits per heavy atom. The van der Waals surface area contributed by atoms with Crippen molar-refractivity contribution in [2.45, 2.75) is 70.8 Å². The smallest absolute Gasteiger partial charge is 0.258 e. The first kappa shape index (κ1) is 22.1. The van der Waals surface area contributed by atoms with Crippen LogP contribution in [-0.4, -0.2) is 31.9 Å². The summed E-state index contributed by atoms with van der Waals surface area (Å²) in [6.07, 6.45) is 7.71. The van der Waals surface area contributed by atoms with Crippen LogP contribution < -0.4 is 4.72 Å². The van der Waals surface area contributed by atoms with E-state index in [1.807, 2.05) is 13.8 Å². The molecule has 1 fully saturated rings. The van der Waals surface area contributed by atoms with Crippen molar-refractivity contribution < 1.29 is 19.2 Å². The Bertz CT molecular complexity index is 500. The predicted molar refractivity (Wildman–Crippen MR) is 102 cm³/mol. The van der Waals surface area contributed by atoms with Gasteiger partial charge < -0.3 is 10.2 Å². The largest absolute Gasteiger partial charge is 0.368 e. The van der Waals surface area contributed by atoms with E-state index >= 15 is 0 Å². The van der Waals surface area contributed by atoms with Crippen LogP contribution in [0.25, 0.3) is 0 Å². The first-order valence-corrected chi connectivity index (χ1v) is 10.4. The van der Waals surface area contributed by atoms with Crippen LogP contribution >= 0.6 is 0 Å². The Labute approximate surface area is 154 Å². The highest BCUT2D eigenvalue weighted by Gasteiger charge is 2.31. The fraction of sp³-hybridized carbons (Fsp3) is 0.737. The van der Waals surface area contributed by atoms with Crippen molar-refractivity contribution in [2.24, 2.45) is 17.8 Å². The number of hydrogen-bond donors (Lipinski definition) is 3. The minimum Gasteiger partial charge on any atom is -0.368 e. The lowest BCUT2D eigenvalue weighted by atomic mass is 9.73. The van der Waals surface area contributed by atoms with Gasteiger partial charge in [0.2, 0.25) is 0 Å². The molecular formula is C19H33NO4S. The van der Waals surface area contributed by atoms with E-state index < -0.39 is 17.3 Å². The van der Waals surface area contributed by atoms with Gasteiger partial charge in [0.15, 0.2) is 6.29 Å². The number of aliphatic hydroxyl groups is 2. The van der Waals surface area contributed by atoms with Gasteiger partial charge in [-0.1, -0.05) is 38.5 Å². The van der Waals surface area contributed by atoms with Crippen molar-refractivity contribution >= 4 is 16.9 Å². The highest BCUT2D eigenvalue weighted by molar-refractivity contribution is 7.84. The average Bonchev–Trinajstić information content (AvgIpc) is 2.50.